The Balaban J connectivity index is 1.43. The van der Waals surface area contributed by atoms with Crippen molar-refractivity contribution >= 4 is 23.3 Å². The first-order chi connectivity index (χ1) is 17.1. The van der Waals surface area contributed by atoms with Gasteiger partial charge in [0.25, 0.3) is 5.91 Å². The minimum absolute atomic E-state index is 0.0932. The molecule has 0 aliphatic carbocycles. The number of hydrogen-bond acceptors (Lipinski definition) is 6. The zero-order valence-corrected chi connectivity index (χ0v) is 20.5. The van der Waals surface area contributed by atoms with E-state index in [1.807, 2.05) is 43.3 Å². The molecule has 0 spiro atoms. The molecule has 7 nitrogen and oxygen atoms in total. The highest BCUT2D eigenvalue weighted by atomic mass is 16.6. The van der Waals surface area contributed by atoms with Crippen LogP contribution in [0.15, 0.2) is 71.4 Å². The molecule has 0 radical (unpaired) electrons. The second kappa shape index (κ2) is 11.8. The summed E-state index contributed by atoms with van der Waals surface area (Å²) in [7, 11) is 1.35. The molecule has 7 heteroatoms. The smallest absolute Gasteiger partial charge is 0.337 e. The maximum Gasteiger partial charge on any atom is 0.337 e. The van der Waals surface area contributed by atoms with Gasteiger partial charge in [-0.25, -0.2) is 4.79 Å². The van der Waals surface area contributed by atoms with Crippen LogP contribution in [0.3, 0.4) is 0 Å². The first-order valence-electron chi connectivity index (χ1n) is 12.3. The van der Waals surface area contributed by atoms with E-state index < -0.39 is 5.97 Å². The third-order valence-corrected chi connectivity index (χ3v) is 6.43. The van der Waals surface area contributed by atoms with Gasteiger partial charge in [0, 0.05) is 17.8 Å². The van der Waals surface area contributed by atoms with Crippen molar-refractivity contribution in [2.75, 3.05) is 38.3 Å². The molecule has 2 aliphatic heterocycles. The van der Waals surface area contributed by atoms with Crippen LogP contribution in [0, 0.1) is 0 Å². The van der Waals surface area contributed by atoms with Gasteiger partial charge in [0.05, 0.1) is 24.4 Å². The lowest BCUT2D eigenvalue weighted by Gasteiger charge is -2.43. The Labute approximate surface area is 207 Å². The number of ether oxygens (including phenoxy) is 1. The van der Waals surface area contributed by atoms with E-state index in [9.17, 15) is 9.59 Å². The molecule has 184 valence electrons. The topological polar surface area (TPSA) is 71.4 Å². The lowest BCUT2D eigenvalue weighted by atomic mass is 9.86. The summed E-state index contributed by atoms with van der Waals surface area (Å²) < 4.78 is 4.77. The third kappa shape index (κ3) is 5.98. The number of amides is 1. The molecule has 2 aromatic carbocycles. The van der Waals surface area contributed by atoms with Gasteiger partial charge in [0.1, 0.15) is 6.61 Å². The molecule has 35 heavy (non-hydrogen) atoms. The molecule has 1 atom stereocenters. The van der Waals surface area contributed by atoms with Gasteiger partial charge < -0.3 is 14.5 Å². The number of likely N-dealkylation sites (tertiary alicyclic amines) is 1. The van der Waals surface area contributed by atoms with Gasteiger partial charge in [-0.3, -0.25) is 9.69 Å². The maximum absolute atomic E-state index is 13.2. The Bertz CT molecular complexity index is 1070. The van der Waals surface area contributed by atoms with Gasteiger partial charge in [0.2, 0.25) is 0 Å². The van der Waals surface area contributed by atoms with Crippen molar-refractivity contribution in [2.45, 2.75) is 38.6 Å². The number of anilines is 1. The molecule has 2 aromatic rings. The number of carbonyl (C=O) groups excluding carboxylic acids is 2. The number of methoxy groups -OCH3 is 1. The van der Waals surface area contributed by atoms with Crippen LogP contribution < -0.4 is 4.90 Å². The lowest BCUT2D eigenvalue weighted by molar-refractivity contribution is -0.119. The first-order valence-corrected chi connectivity index (χ1v) is 12.3. The average molecular weight is 476 g/mol. The minimum Gasteiger partial charge on any atom is -0.465 e. The van der Waals surface area contributed by atoms with Gasteiger partial charge in [0.15, 0.2) is 0 Å². The van der Waals surface area contributed by atoms with Crippen LogP contribution in [0.25, 0.3) is 0 Å². The zero-order valence-electron chi connectivity index (χ0n) is 20.5. The Kier molecular flexibility index (Phi) is 8.32. The van der Waals surface area contributed by atoms with Gasteiger partial charge in [-0.1, -0.05) is 41.9 Å². The number of benzene rings is 2. The number of allylic oxidation sites excluding steroid dienone is 1. The number of piperidine rings is 1. The largest absolute Gasteiger partial charge is 0.465 e. The quantitative estimate of drug-likeness (QED) is 0.131. The number of hydrogen-bond donors (Lipinski definition) is 0. The van der Waals surface area contributed by atoms with Crippen LogP contribution in [-0.2, 0) is 14.4 Å². The number of carbonyl (C=O) groups is 2. The highest BCUT2D eigenvalue weighted by molar-refractivity contribution is 6.18. The molecular weight excluding hydrogens is 442 g/mol. The van der Waals surface area contributed by atoms with E-state index in [-0.39, 0.29) is 11.9 Å². The number of nitrogens with zero attached hydrogens (tertiary/aromatic N) is 3. The standard InChI is InChI=1S/C28H33N3O4/c1-21(29-35-19-9-18-30-16-7-4-8-17-30)20-25-26(22-10-5-3-6-11-22)31(27(25)32)24-14-12-23(13-15-24)28(33)34-2/h3,5-6,10-15,20,26H,4,7-9,16-19H2,1-2H3/b25-20+,29-21+. The molecule has 1 unspecified atom stereocenters. The van der Waals surface area contributed by atoms with Crippen LogP contribution in [-0.4, -0.2) is 55.8 Å². The van der Waals surface area contributed by atoms with Crippen LogP contribution in [0.1, 0.15) is 54.6 Å². The summed E-state index contributed by atoms with van der Waals surface area (Å²) in [6.45, 7) is 5.80. The molecule has 0 saturated carbocycles. The summed E-state index contributed by atoms with van der Waals surface area (Å²) in [5.41, 5.74) is 3.49. The van der Waals surface area contributed by atoms with E-state index in [1.54, 1.807) is 29.2 Å². The molecular formula is C28H33N3O4. The third-order valence-electron chi connectivity index (χ3n) is 6.43. The van der Waals surface area contributed by atoms with Gasteiger partial charge in [-0.15, -0.1) is 0 Å². The van der Waals surface area contributed by atoms with E-state index in [0.717, 1.165) is 24.2 Å². The molecule has 2 saturated heterocycles. The number of rotatable bonds is 9. The fraction of sp³-hybridized carbons (Fsp3) is 0.393. The second-order valence-corrected chi connectivity index (χ2v) is 8.95. The lowest BCUT2D eigenvalue weighted by Crippen LogP contribution is -2.49. The first kappa shape index (κ1) is 24.7. The summed E-state index contributed by atoms with van der Waals surface area (Å²) in [5, 5.41) is 4.23. The van der Waals surface area contributed by atoms with Crippen LogP contribution in [0.5, 0.6) is 0 Å². The maximum atomic E-state index is 13.2. The van der Waals surface area contributed by atoms with E-state index in [4.69, 9.17) is 9.57 Å². The highest BCUT2D eigenvalue weighted by Crippen LogP contribution is 2.43. The monoisotopic (exact) mass is 475 g/mol. The highest BCUT2D eigenvalue weighted by Gasteiger charge is 2.43. The van der Waals surface area contributed by atoms with Gasteiger partial charge >= 0.3 is 5.97 Å². The minimum atomic E-state index is -0.408. The Morgan fingerprint density at radius 1 is 1.06 bits per heavy atom. The molecule has 2 fully saturated rings. The van der Waals surface area contributed by atoms with Gasteiger partial charge in [-0.2, -0.15) is 0 Å². The second-order valence-electron chi connectivity index (χ2n) is 8.95. The zero-order chi connectivity index (χ0) is 24.6. The fourth-order valence-electron chi connectivity index (χ4n) is 4.63. The van der Waals surface area contributed by atoms with Gasteiger partial charge in [-0.05, 0) is 75.2 Å². The van der Waals surface area contributed by atoms with Crippen molar-refractivity contribution in [3.05, 3.63) is 77.4 Å². The Hall–Kier alpha value is -3.45. The molecule has 0 N–H and O–H groups in total. The normalized spacial score (nSPS) is 20.0. The predicted octanol–water partition coefficient (Wildman–Crippen LogP) is 4.76. The van der Waals surface area contributed by atoms with Crippen molar-refractivity contribution in [3.8, 4) is 0 Å². The Morgan fingerprint density at radius 2 is 1.77 bits per heavy atom. The van der Waals surface area contributed by atoms with Crippen LogP contribution in [0.2, 0.25) is 0 Å². The summed E-state index contributed by atoms with van der Waals surface area (Å²) in [6, 6.07) is 16.5. The van der Waals surface area contributed by atoms with E-state index in [0.29, 0.717) is 23.5 Å². The van der Waals surface area contributed by atoms with Crippen molar-refractivity contribution in [2.24, 2.45) is 5.16 Å². The molecule has 2 aliphatic rings. The average Bonchev–Trinajstić information content (AvgIpc) is 2.90. The van der Waals surface area contributed by atoms with E-state index in [1.165, 1.54) is 39.5 Å². The molecule has 2 heterocycles. The number of oxime groups is 1. The summed E-state index contributed by atoms with van der Waals surface area (Å²) >= 11 is 0. The Morgan fingerprint density at radius 3 is 2.46 bits per heavy atom. The number of esters is 1. The van der Waals surface area contributed by atoms with Crippen LogP contribution >= 0.6 is 0 Å². The predicted molar refractivity (Wildman–Crippen MR) is 137 cm³/mol. The number of β-lactam (4-membered cyclic amide) rings is 1. The summed E-state index contributed by atoms with van der Waals surface area (Å²) in [6.07, 6.45) is 6.66. The molecule has 4 rings (SSSR count). The van der Waals surface area contributed by atoms with Crippen molar-refractivity contribution in [1.29, 1.82) is 0 Å². The van der Waals surface area contributed by atoms with Crippen molar-refractivity contribution in [1.82, 2.24) is 4.90 Å². The summed E-state index contributed by atoms with van der Waals surface area (Å²) in [5.74, 6) is -0.501. The fourth-order valence-corrected chi connectivity index (χ4v) is 4.63. The molecule has 0 bridgehead atoms. The van der Waals surface area contributed by atoms with E-state index in [2.05, 4.69) is 10.1 Å². The molecule has 1 amide bonds. The summed E-state index contributed by atoms with van der Waals surface area (Å²) in [4.78, 5) is 34.7. The SMILES string of the molecule is COC(=O)c1ccc(N2C(=O)/C(=C/C(C)=N/OCCCN3CCCCC3)C2c2ccccc2)cc1. The van der Waals surface area contributed by atoms with E-state index >= 15 is 0 Å². The molecule has 0 aromatic heterocycles. The van der Waals surface area contributed by atoms with Crippen molar-refractivity contribution < 1.29 is 19.2 Å². The van der Waals surface area contributed by atoms with Crippen molar-refractivity contribution in [3.63, 3.8) is 0 Å². The van der Waals surface area contributed by atoms with Crippen LogP contribution in [0.4, 0.5) is 5.69 Å².